The molecule has 0 amide bonds. The summed E-state index contributed by atoms with van der Waals surface area (Å²) in [7, 11) is 6.50. The van der Waals surface area contributed by atoms with E-state index in [9.17, 15) is 4.39 Å². The highest BCUT2D eigenvalue weighted by Gasteiger charge is 2.26. The molecule has 1 aliphatic heterocycles. The molecule has 6 nitrogen and oxygen atoms in total. The number of pyridine rings is 1. The van der Waals surface area contributed by atoms with E-state index in [4.69, 9.17) is 9.97 Å². The number of halogens is 1. The van der Waals surface area contributed by atoms with Crippen LogP contribution in [0.3, 0.4) is 0 Å². The molecule has 8 heteroatoms. The predicted molar refractivity (Wildman–Crippen MR) is 139 cm³/mol. The number of piperidine rings is 1. The van der Waals surface area contributed by atoms with Gasteiger partial charge in [0.1, 0.15) is 17.6 Å². The van der Waals surface area contributed by atoms with Crippen LogP contribution in [0, 0.1) is 0 Å². The largest absolute Gasteiger partial charge is 0.348 e. The molecule has 4 aromatic rings. The molecule has 0 saturated carbocycles. The number of nitrogens with zero attached hydrogens (tertiary/aromatic N) is 5. The highest BCUT2D eigenvalue weighted by atomic mass is 32.1. The van der Waals surface area contributed by atoms with Crippen molar-refractivity contribution in [2.75, 3.05) is 37.4 Å². The van der Waals surface area contributed by atoms with Crippen LogP contribution in [0.25, 0.3) is 21.3 Å². The molecule has 0 bridgehead atoms. The lowest BCUT2D eigenvalue weighted by atomic mass is 9.91. The zero-order valence-electron chi connectivity index (χ0n) is 20.0. The standard InChI is InChI=1S/C26H31FN6S/c1-31(2)18-5-8-22-20(15-18)19-6-9-24(30-25(19)32(22)3)28-17-4-7-21-23(14-17)34-26(29-21)33-12-10-16(27)11-13-33/h4,6-7,9,14,16,18H,5,8,10-13,15H2,1-3H3,(H,28,30). The second kappa shape index (κ2) is 8.50. The molecule has 178 valence electrons. The Labute approximate surface area is 203 Å². The van der Waals surface area contributed by atoms with E-state index in [0.717, 1.165) is 58.4 Å². The zero-order valence-corrected chi connectivity index (χ0v) is 20.8. The maximum Gasteiger partial charge on any atom is 0.186 e. The van der Waals surface area contributed by atoms with Crippen LogP contribution in [0.15, 0.2) is 30.3 Å². The number of hydrogen-bond acceptors (Lipinski definition) is 6. The molecule has 1 aromatic carbocycles. The number of hydrogen-bond donors (Lipinski definition) is 1. The van der Waals surface area contributed by atoms with Crippen molar-refractivity contribution in [3.63, 3.8) is 0 Å². The van der Waals surface area contributed by atoms with Gasteiger partial charge in [-0.1, -0.05) is 11.3 Å². The molecule has 1 unspecified atom stereocenters. The molecule has 1 saturated heterocycles. The number of anilines is 3. The van der Waals surface area contributed by atoms with Crippen LogP contribution in [0.5, 0.6) is 0 Å². The van der Waals surface area contributed by atoms with Gasteiger partial charge in [-0.3, -0.25) is 0 Å². The molecule has 1 fully saturated rings. The Morgan fingerprint density at radius 2 is 1.91 bits per heavy atom. The van der Waals surface area contributed by atoms with Gasteiger partial charge in [-0.05, 0) is 82.1 Å². The molecule has 4 heterocycles. The van der Waals surface area contributed by atoms with Crippen LogP contribution in [0.2, 0.25) is 0 Å². The Hall–Kier alpha value is -2.71. The number of likely N-dealkylation sites (N-methyl/N-ethyl adjacent to an activating group) is 1. The van der Waals surface area contributed by atoms with Gasteiger partial charge >= 0.3 is 0 Å². The summed E-state index contributed by atoms with van der Waals surface area (Å²) >= 11 is 1.68. The molecule has 0 radical (unpaired) electrons. The van der Waals surface area contributed by atoms with Gasteiger partial charge in [-0.2, -0.15) is 0 Å². The van der Waals surface area contributed by atoms with Crippen molar-refractivity contribution in [1.82, 2.24) is 19.4 Å². The van der Waals surface area contributed by atoms with Crippen LogP contribution >= 0.6 is 11.3 Å². The lowest BCUT2D eigenvalue weighted by Gasteiger charge is -2.28. The number of fused-ring (bicyclic) bond motifs is 4. The van der Waals surface area contributed by atoms with Crippen molar-refractivity contribution >= 4 is 49.2 Å². The highest BCUT2D eigenvalue weighted by Crippen LogP contribution is 2.35. The minimum Gasteiger partial charge on any atom is -0.348 e. The van der Waals surface area contributed by atoms with Gasteiger partial charge in [0.15, 0.2) is 5.13 Å². The zero-order chi connectivity index (χ0) is 23.4. The number of thiazole rings is 1. The number of benzene rings is 1. The first-order chi connectivity index (χ1) is 16.5. The molecule has 0 spiro atoms. The highest BCUT2D eigenvalue weighted by molar-refractivity contribution is 7.22. The number of nitrogens with one attached hydrogen (secondary N) is 1. The normalized spacial score (nSPS) is 19.3. The summed E-state index contributed by atoms with van der Waals surface area (Å²) in [5.74, 6) is 0.851. The summed E-state index contributed by atoms with van der Waals surface area (Å²) in [6.45, 7) is 1.48. The van der Waals surface area contributed by atoms with Gasteiger partial charge in [0.05, 0.1) is 10.2 Å². The van der Waals surface area contributed by atoms with Gasteiger partial charge in [0, 0.05) is 42.9 Å². The van der Waals surface area contributed by atoms with Gasteiger partial charge in [-0.15, -0.1) is 0 Å². The first-order valence-corrected chi connectivity index (χ1v) is 13.0. The lowest BCUT2D eigenvalue weighted by Crippen LogP contribution is -2.34. The number of rotatable bonds is 4. The van der Waals surface area contributed by atoms with Crippen molar-refractivity contribution in [1.29, 1.82) is 0 Å². The van der Waals surface area contributed by atoms with Crippen molar-refractivity contribution in [2.24, 2.45) is 7.05 Å². The maximum atomic E-state index is 13.5. The number of alkyl halides is 1. The van der Waals surface area contributed by atoms with E-state index >= 15 is 0 Å². The molecule has 1 aliphatic carbocycles. The van der Waals surface area contributed by atoms with E-state index in [-0.39, 0.29) is 0 Å². The fourth-order valence-corrected chi connectivity index (χ4v) is 6.49. The fourth-order valence-electron chi connectivity index (χ4n) is 5.44. The average Bonchev–Trinajstić information content (AvgIpc) is 3.38. The topological polar surface area (TPSA) is 49.2 Å². The summed E-state index contributed by atoms with van der Waals surface area (Å²) in [6, 6.07) is 11.2. The van der Waals surface area contributed by atoms with Crippen LogP contribution in [-0.2, 0) is 19.9 Å². The first kappa shape index (κ1) is 21.8. The van der Waals surface area contributed by atoms with Crippen molar-refractivity contribution in [3.8, 4) is 0 Å². The van der Waals surface area contributed by atoms with E-state index < -0.39 is 6.17 Å². The SMILES string of the molecule is CN(C)C1CCc2c(c3ccc(Nc4ccc5nc(N6CCC(F)CC6)sc5c4)nc3n2C)C1. The van der Waals surface area contributed by atoms with Crippen LogP contribution in [0.4, 0.5) is 21.0 Å². The van der Waals surface area contributed by atoms with Crippen LogP contribution in [-0.4, -0.2) is 58.8 Å². The van der Waals surface area contributed by atoms with Crippen molar-refractivity contribution in [2.45, 2.75) is 44.3 Å². The molecular weight excluding hydrogens is 447 g/mol. The Morgan fingerprint density at radius 3 is 2.71 bits per heavy atom. The van der Waals surface area contributed by atoms with Gasteiger partial charge < -0.3 is 19.7 Å². The molecule has 1 atom stereocenters. The van der Waals surface area contributed by atoms with E-state index in [0.29, 0.717) is 18.9 Å². The lowest BCUT2D eigenvalue weighted by molar-refractivity contribution is 0.267. The summed E-state index contributed by atoms with van der Waals surface area (Å²) in [5.41, 5.74) is 5.92. The second-order valence-corrected chi connectivity index (χ2v) is 10.9. The van der Waals surface area contributed by atoms with Crippen LogP contribution in [0.1, 0.15) is 30.5 Å². The smallest absolute Gasteiger partial charge is 0.186 e. The second-order valence-electron chi connectivity index (χ2n) is 9.88. The third kappa shape index (κ3) is 3.82. The summed E-state index contributed by atoms with van der Waals surface area (Å²) < 4.78 is 16.9. The molecule has 3 aromatic heterocycles. The van der Waals surface area contributed by atoms with Gasteiger partial charge in [-0.25, -0.2) is 14.4 Å². The molecule has 1 N–H and O–H groups in total. The van der Waals surface area contributed by atoms with Gasteiger partial charge in [0.25, 0.3) is 0 Å². The fraction of sp³-hybridized carbons (Fsp3) is 0.462. The van der Waals surface area contributed by atoms with E-state index in [1.165, 1.54) is 23.1 Å². The van der Waals surface area contributed by atoms with E-state index in [2.05, 4.69) is 71.2 Å². The molecular formula is C26H31FN6S. The summed E-state index contributed by atoms with van der Waals surface area (Å²) in [5, 5.41) is 5.76. The maximum absolute atomic E-state index is 13.5. The Balaban J connectivity index is 1.26. The molecule has 6 rings (SSSR count). The Kier molecular flexibility index (Phi) is 5.45. The monoisotopic (exact) mass is 478 g/mol. The van der Waals surface area contributed by atoms with E-state index in [1.54, 1.807) is 11.3 Å². The molecule has 2 aliphatic rings. The molecule has 34 heavy (non-hydrogen) atoms. The predicted octanol–water partition coefficient (Wildman–Crippen LogP) is 5.28. The van der Waals surface area contributed by atoms with E-state index in [1.807, 2.05) is 0 Å². The Morgan fingerprint density at radius 1 is 1.09 bits per heavy atom. The summed E-state index contributed by atoms with van der Waals surface area (Å²) in [4.78, 5) is 14.3. The third-order valence-corrected chi connectivity index (χ3v) is 8.58. The third-order valence-electron chi connectivity index (χ3n) is 7.50. The number of aryl methyl sites for hydroxylation is 1. The van der Waals surface area contributed by atoms with Crippen LogP contribution < -0.4 is 10.2 Å². The average molecular weight is 479 g/mol. The number of aromatic nitrogens is 3. The van der Waals surface area contributed by atoms with Gasteiger partial charge in [0.2, 0.25) is 0 Å². The Bertz CT molecular complexity index is 1350. The minimum atomic E-state index is -0.671. The summed E-state index contributed by atoms with van der Waals surface area (Å²) in [6.07, 6.45) is 3.89. The quantitative estimate of drug-likeness (QED) is 0.432. The van der Waals surface area contributed by atoms with Crippen molar-refractivity contribution < 1.29 is 4.39 Å². The first-order valence-electron chi connectivity index (χ1n) is 12.2. The minimum absolute atomic E-state index is 0.593. The van der Waals surface area contributed by atoms with Crippen molar-refractivity contribution in [3.05, 3.63) is 41.6 Å².